The Morgan fingerprint density at radius 3 is 2.40 bits per heavy atom. The number of hydrogen-bond acceptors (Lipinski definition) is 4. The largest absolute Gasteiger partial charge is 0.342 e. The van der Waals surface area contributed by atoms with E-state index in [0.29, 0.717) is 11.5 Å². The van der Waals surface area contributed by atoms with Gasteiger partial charge >= 0.3 is 6.03 Å². The Morgan fingerprint density at radius 2 is 1.77 bits per heavy atom. The Kier molecular flexibility index (Phi) is 5.30. The molecule has 30 heavy (non-hydrogen) atoms. The molecule has 8 heteroatoms. The first-order valence-corrected chi connectivity index (χ1v) is 9.55. The van der Waals surface area contributed by atoms with Crippen LogP contribution >= 0.6 is 0 Å². The summed E-state index contributed by atoms with van der Waals surface area (Å²) in [6, 6.07) is 16.2. The molecule has 0 spiro atoms. The van der Waals surface area contributed by atoms with Gasteiger partial charge in [0.15, 0.2) is 0 Å². The third kappa shape index (κ3) is 3.80. The SMILES string of the molecule is Cn1ccnc1[C@H](NC(=O)C[C@H]1NC(=O)N(c2ccccc2)C1=O)c1ccccc1. The highest BCUT2D eigenvalue weighted by Crippen LogP contribution is 2.22. The predicted molar refractivity (Wildman–Crippen MR) is 111 cm³/mol. The van der Waals surface area contributed by atoms with Crippen molar-refractivity contribution in [3.8, 4) is 0 Å². The lowest BCUT2D eigenvalue weighted by Gasteiger charge is -2.20. The Labute approximate surface area is 173 Å². The number of carbonyl (C=O) groups is 3. The molecule has 0 saturated carbocycles. The summed E-state index contributed by atoms with van der Waals surface area (Å²) in [6.07, 6.45) is 3.30. The first-order valence-electron chi connectivity index (χ1n) is 9.55. The molecule has 1 aliphatic rings. The maximum atomic E-state index is 12.8. The average molecular weight is 403 g/mol. The average Bonchev–Trinajstić information content (AvgIpc) is 3.30. The van der Waals surface area contributed by atoms with Crippen LogP contribution in [-0.4, -0.2) is 33.4 Å². The van der Waals surface area contributed by atoms with Crippen LogP contribution in [0, 0.1) is 0 Å². The quantitative estimate of drug-likeness (QED) is 0.617. The van der Waals surface area contributed by atoms with E-state index in [-0.39, 0.29) is 12.3 Å². The van der Waals surface area contributed by atoms with Gasteiger partial charge in [-0.3, -0.25) is 9.59 Å². The number of imide groups is 1. The van der Waals surface area contributed by atoms with Crippen LogP contribution in [0.25, 0.3) is 0 Å². The maximum Gasteiger partial charge on any atom is 0.329 e. The second-order valence-corrected chi connectivity index (χ2v) is 7.02. The number of imidazole rings is 1. The molecule has 1 aromatic heterocycles. The lowest BCUT2D eigenvalue weighted by molar-refractivity contribution is -0.126. The van der Waals surface area contributed by atoms with Crippen molar-refractivity contribution in [2.75, 3.05) is 4.90 Å². The van der Waals surface area contributed by atoms with Gasteiger partial charge in [-0.2, -0.15) is 0 Å². The van der Waals surface area contributed by atoms with E-state index >= 15 is 0 Å². The van der Waals surface area contributed by atoms with Crippen molar-refractivity contribution in [3.05, 3.63) is 84.4 Å². The van der Waals surface area contributed by atoms with Gasteiger partial charge in [-0.05, 0) is 17.7 Å². The Balaban J connectivity index is 1.50. The molecule has 2 N–H and O–H groups in total. The van der Waals surface area contributed by atoms with Gasteiger partial charge in [0.1, 0.15) is 17.9 Å². The van der Waals surface area contributed by atoms with Crippen LogP contribution in [0.4, 0.5) is 10.5 Å². The first-order chi connectivity index (χ1) is 14.5. The van der Waals surface area contributed by atoms with Gasteiger partial charge in [-0.1, -0.05) is 48.5 Å². The monoisotopic (exact) mass is 403 g/mol. The highest BCUT2D eigenvalue weighted by Gasteiger charge is 2.40. The van der Waals surface area contributed by atoms with Gasteiger partial charge in [-0.15, -0.1) is 0 Å². The topological polar surface area (TPSA) is 96.3 Å². The summed E-state index contributed by atoms with van der Waals surface area (Å²) < 4.78 is 1.83. The smallest absolute Gasteiger partial charge is 0.329 e. The molecular weight excluding hydrogens is 382 g/mol. The summed E-state index contributed by atoms with van der Waals surface area (Å²) in [5.74, 6) is -0.141. The second kappa shape index (κ2) is 8.20. The third-order valence-electron chi connectivity index (χ3n) is 4.98. The van der Waals surface area contributed by atoms with Gasteiger partial charge in [0, 0.05) is 19.4 Å². The van der Waals surface area contributed by atoms with Crippen LogP contribution < -0.4 is 15.5 Å². The van der Waals surface area contributed by atoms with Gasteiger partial charge < -0.3 is 15.2 Å². The fourth-order valence-corrected chi connectivity index (χ4v) is 3.49. The molecule has 1 fully saturated rings. The van der Waals surface area contributed by atoms with Crippen molar-refractivity contribution >= 4 is 23.5 Å². The van der Waals surface area contributed by atoms with E-state index in [4.69, 9.17) is 0 Å². The van der Waals surface area contributed by atoms with E-state index in [1.54, 1.807) is 42.7 Å². The van der Waals surface area contributed by atoms with Crippen molar-refractivity contribution in [2.24, 2.45) is 7.05 Å². The Hall–Kier alpha value is -3.94. The van der Waals surface area contributed by atoms with Crippen molar-refractivity contribution in [2.45, 2.75) is 18.5 Å². The van der Waals surface area contributed by atoms with E-state index < -0.39 is 24.0 Å². The highest BCUT2D eigenvalue weighted by atomic mass is 16.2. The fraction of sp³-hybridized carbons (Fsp3) is 0.182. The molecule has 1 saturated heterocycles. The van der Waals surface area contributed by atoms with Gasteiger partial charge in [0.2, 0.25) is 5.91 Å². The Morgan fingerprint density at radius 1 is 1.10 bits per heavy atom. The molecule has 2 aromatic carbocycles. The van der Waals surface area contributed by atoms with E-state index in [1.807, 2.05) is 41.9 Å². The molecule has 4 rings (SSSR count). The number of hydrogen-bond donors (Lipinski definition) is 2. The number of anilines is 1. The summed E-state index contributed by atoms with van der Waals surface area (Å²) in [5.41, 5.74) is 1.34. The number of para-hydroxylation sites is 1. The van der Waals surface area contributed by atoms with Crippen molar-refractivity contribution < 1.29 is 14.4 Å². The van der Waals surface area contributed by atoms with Crippen LogP contribution in [0.2, 0.25) is 0 Å². The number of carbonyl (C=O) groups excluding carboxylic acids is 3. The summed E-state index contributed by atoms with van der Waals surface area (Å²) in [7, 11) is 1.85. The molecule has 4 amide bonds. The van der Waals surface area contributed by atoms with Gasteiger partial charge in [-0.25, -0.2) is 14.7 Å². The number of nitrogens with zero attached hydrogens (tertiary/aromatic N) is 3. The number of urea groups is 1. The zero-order valence-electron chi connectivity index (χ0n) is 16.4. The summed E-state index contributed by atoms with van der Waals surface area (Å²) >= 11 is 0. The molecular formula is C22H21N5O3. The first kappa shape index (κ1) is 19.4. The molecule has 0 radical (unpaired) electrons. The van der Waals surface area contributed by atoms with E-state index in [1.165, 1.54) is 0 Å². The van der Waals surface area contributed by atoms with Crippen LogP contribution in [-0.2, 0) is 16.6 Å². The fourth-order valence-electron chi connectivity index (χ4n) is 3.49. The normalized spacial score (nSPS) is 17.0. The predicted octanol–water partition coefficient (Wildman–Crippen LogP) is 2.14. The Bertz CT molecular complexity index is 1060. The van der Waals surface area contributed by atoms with Crippen molar-refractivity contribution in [3.63, 3.8) is 0 Å². The van der Waals surface area contributed by atoms with Crippen LogP contribution in [0.15, 0.2) is 73.1 Å². The minimum Gasteiger partial charge on any atom is -0.342 e. The number of nitrogens with one attached hydrogen (secondary N) is 2. The summed E-state index contributed by atoms with van der Waals surface area (Å²) in [5, 5.41) is 5.55. The molecule has 3 aromatic rings. The zero-order valence-corrected chi connectivity index (χ0v) is 16.4. The number of aryl methyl sites for hydroxylation is 1. The minimum atomic E-state index is -0.921. The van der Waals surface area contributed by atoms with Gasteiger partial charge in [0.25, 0.3) is 5.91 Å². The summed E-state index contributed by atoms with van der Waals surface area (Å²) in [6.45, 7) is 0. The van der Waals surface area contributed by atoms with Gasteiger partial charge in [0.05, 0.1) is 12.1 Å². The molecule has 152 valence electrons. The highest BCUT2D eigenvalue weighted by molar-refractivity contribution is 6.22. The lowest BCUT2D eigenvalue weighted by atomic mass is 10.1. The molecule has 2 heterocycles. The van der Waals surface area contributed by atoms with Crippen LogP contribution in [0.1, 0.15) is 23.9 Å². The number of benzene rings is 2. The lowest BCUT2D eigenvalue weighted by Crippen LogP contribution is -2.38. The number of amides is 4. The van der Waals surface area contributed by atoms with Crippen LogP contribution in [0.3, 0.4) is 0 Å². The second-order valence-electron chi connectivity index (χ2n) is 7.02. The van der Waals surface area contributed by atoms with E-state index in [9.17, 15) is 14.4 Å². The van der Waals surface area contributed by atoms with E-state index in [0.717, 1.165) is 10.5 Å². The number of rotatable bonds is 6. The van der Waals surface area contributed by atoms with E-state index in [2.05, 4.69) is 15.6 Å². The molecule has 1 aliphatic heterocycles. The molecule has 0 bridgehead atoms. The molecule has 0 aliphatic carbocycles. The maximum absolute atomic E-state index is 12.8. The standard InChI is InChI=1S/C22H21N5O3/c1-26-13-12-23-20(26)19(15-8-4-2-5-9-15)25-18(28)14-17-21(29)27(22(30)24-17)16-10-6-3-7-11-16/h2-13,17,19H,14H2,1H3,(H,24,30)(H,25,28)/t17-,19-/m1/s1. The summed E-state index contributed by atoms with van der Waals surface area (Å²) in [4.78, 5) is 43.3. The zero-order chi connectivity index (χ0) is 21.1. The van der Waals surface area contributed by atoms with Crippen LogP contribution in [0.5, 0.6) is 0 Å². The third-order valence-corrected chi connectivity index (χ3v) is 4.98. The minimum absolute atomic E-state index is 0.165. The molecule has 8 nitrogen and oxygen atoms in total. The molecule has 0 unspecified atom stereocenters. The number of aromatic nitrogens is 2. The van der Waals surface area contributed by atoms with Crippen molar-refractivity contribution in [1.82, 2.24) is 20.2 Å². The molecule has 2 atom stereocenters. The van der Waals surface area contributed by atoms with Crippen molar-refractivity contribution in [1.29, 1.82) is 0 Å².